The smallest absolute Gasteiger partial charge is 0.325 e. The van der Waals surface area contributed by atoms with Gasteiger partial charge in [-0.3, -0.25) is 4.79 Å². The van der Waals surface area contributed by atoms with Crippen LogP contribution < -0.4 is 0 Å². The molecule has 2 rings (SSSR count). The highest BCUT2D eigenvalue weighted by molar-refractivity contribution is 7.92. The van der Waals surface area contributed by atoms with E-state index in [1.165, 1.54) is 6.08 Å². The summed E-state index contributed by atoms with van der Waals surface area (Å²) in [6, 6.07) is 0. The molecule has 0 unspecified atom stereocenters. The van der Waals surface area contributed by atoms with Crippen LogP contribution in [0, 0.1) is 0 Å². The first kappa shape index (κ1) is 9.67. The summed E-state index contributed by atoms with van der Waals surface area (Å²) in [4.78, 5) is 11.1. The van der Waals surface area contributed by atoms with Gasteiger partial charge in [-0.15, -0.1) is 0 Å². The first-order chi connectivity index (χ1) is 6.49. The fourth-order valence-corrected chi connectivity index (χ4v) is 3.77. The van der Waals surface area contributed by atoms with Gasteiger partial charge in [-0.05, 0) is 19.3 Å². The maximum Gasteiger partial charge on any atom is 0.325 e. The second kappa shape index (κ2) is 2.80. The first-order valence-corrected chi connectivity index (χ1v) is 5.92. The molecule has 14 heavy (non-hydrogen) atoms. The van der Waals surface area contributed by atoms with Crippen molar-refractivity contribution in [3.05, 3.63) is 11.5 Å². The van der Waals surface area contributed by atoms with Gasteiger partial charge >= 0.3 is 5.97 Å². The van der Waals surface area contributed by atoms with Crippen LogP contribution in [-0.2, 0) is 14.8 Å². The summed E-state index contributed by atoms with van der Waals surface area (Å²) in [7, 11) is -3.49. The van der Waals surface area contributed by atoms with Crippen LogP contribution in [0.25, 0.3) is 0 Å². The fourth-order valence-electron chi connectivity index (χ4n) is 2.17. The molecule has 1 fully saturated rings. The number of carboxylic acids is 1. The average Bonchev–Trinajstić information content (AvgIpc) is 2.49. The van der Waals surface area contributed by atoms with Crippen LogP contribution in [0.5, 0.6) is 0 Å². The molecule has 5 nitrogen and oxygen atoms in total. The van der Waals surface area contributed by atoms with E-state index in [0.29, 0.717) is 19.4 Å². The lowest BCUT2D eigenvalue weighted by molar-refractivity contribution is -0.147. The summed E-state index contributed by atoms with van der Waals surface area (Å²) in [5.74, 6) is -1.04. The minimum absolute atomic E-state index is 0.279. The summed E-state index contributed by atoms with van der Waals surface area (Å²) in [5, 5.41) is 10.2. The molecule has 0 radical (unpaired) electrons. The molecular weight excluding hydrogens is 206 g/mol. The number of hydrogen-bond acceptors (Lipinski definition) is 3. The van der Waals surface area contributed by atoms with Crippen molar-refractivity contribution >= 4 is 16.0 Å². The third-order valence-electron chi connectivity index (χ3n) is 2.86. The molecule has 0 amide bonds. The van der Waals surface area contributed by atoms with Gasteiger partial charge in [0, 0.05) is 12.0 Å². The zero-order valence-electron chi connectivity index (χ0n) is 7.51. The summed E-state index contributed by atoms with van der Waals surface area (Å²) < 4.78 is 24.2. The summed E-state index contributed by atoms with van der Waals surface area (Å²) in [5.41, 5.74) is -1.20. The molecule has 0 spiro atoms. The van der Waals surface area contributed by atoms with Crippen LogP contribution in [0.4, 0.5) is 0 Å². The molecule has 0 saturated carbocycles. The highest BCUT2D eigenvalue weighted by atomic mass is 32.2. The summed E-state index contributed by atoms with van der Waals surface area (Å²) in [6.45, 7) is 0.318. The Bertz CT molecular complexity index is 400. The molecule has 2 heterocycles. The minimum atomic E-state index is -3.49. The maximum absolute atomic E-state index is 11.5. The van der Waals surface area contributed by atoms with E-state index in [-0.39, 0.29) is 6.42 Å². The van der Waals surface area contributed by atoms with E-state index in [1.807, 2.05) is 0 Å². The molecule has 0 bridgehead atoms. The molecule has 1 N–H and O–H groups in total. The maximum atomic E-state index is 11.5. The minimum Gasteiger partial charge on any atom is -0.480 e. The summed E-state index contributed by atoms with van der Waals surface area (Å²) in [6.07, 6.45) is 2.74. The Balaban J connectivity index is 2.53. The number of fused-ring (bicyclic) bond motifs is 1. The van der Waals surface area contributed by atoms with Crippen molar-refractivity contribution < 1.29 is 18.3 Å². The van der Waals surface area contributed by atoms with Crippen molar-refractivity contribution in [2.75, 3.05) is 6.54 Å². The van der Waals surface area contributed by atoms with Gasteiger partial charge in [0.15, 0.2) is 0 Å². The van der Waals surface area contributed by atoms with E-state index in [4.69, 9.17) is 5.11 Å². The van der Waals surface area contributed by atoms with E-state index >= 15 is 0 Å². The van der Waals surface area contributed by atoms with Crippen LogP contribution in [0.2, 0.25) is 0 Å². The zero-order valence-corrected chi connectivity index (χ0v) is 8.33. The molecule has 6 heteroatoms. The quantitative estimate of drug-likeness (QED) is 0.678. The molecule has 78 valence electrons. The molecule has 0 aromatic carbocycles. The Morgan fingerprint density at radius 2 is 2.21 bits per heavy atom. The van der Waals surface area contributed by atoms with Crippen LogP contribution >= 0.6 is 0 Å². The van der Waals surface area contributed by atoms with Crippen molar-refractivity contribution in [3.8, 4) is 0 Å². The molecule has 0 aromatic rings. The fraction of sp³-hybridized carbons (Fsp3) is 0.625. The van der Waals surface area contributed by atoms with Crippen LogP contribution in [0.3, 0.4) is 0 Å². The van der Waals surface area contributed by atoms with Gasteiger partial charge in [-0.1, -0.05) is 6.08 Å². The van der Waals surface area contributed by atoms with Crippen molar-refractivity contribution in [1.29, 1.82) is 0 Å². The van der Waals surface area contributed by atoms with Crippen molar-refractivity contribution in [3.63, 3.8) is 0 Å². The van der Waals surface area contributed by atoms with Gasteiger partial charge in [-0.25, -0.2) is 8.42 Å². The number of carbonyl (C=O) groups is 1. The van der Waals surface area contributed by atoms with Gasteiger partial charge in [0.2, 0.25) is 10.0 Å². The molecule has 1 saturated heterocycles. The molecule has 0 aromatic heterocycles. The van der Waals surface area contributed by atoms with E-state index in [9.17, 15) is 13.2 Å². The Labute approximate surface area is 82.1 Å². The van der Waals surface area contributed by atoms with Crippen molar-refractivity contribution in [2.24, 2.45) is 0 Å². The zero-order chi connectivity index (χ0) is 10.4. The lowest BCUT2D eigenvalue weighted by Gasteiger charge is -2.34. The number of sulfonamides is 1. The van der Waals surface area contributed by atoms with Gasteiger partial charge in [0.05, 0.1) is 0 Å². The Morgan fingerprint density at radius 1 is 1.50 bits per heavy atom. The van der Waals surface area contributed by atoms with Crippen LogP contribution in [-0.4, -0.2) is 35.9 Å². The molecule has 2 aliphatic rings. The van der Waals surface area contributed by atoms with E-state index in [2.05, 4.69) is 0 Å². The Hall–Kier alpha value is -0.880. The van der Waals surface area contributed by atoms with Gasteiger partial charge in [0.25, 0.3) is 0 Å². The second-order valence-corrected chi connectivity index (χ2v) is 5.38. The van der Waals surface area contributed by atoms with Crippen molar-refractivity contribution in [1.82, 2.24) is 4.31 Å². The third-order valence-corrected chi connectivity index (χ3v) is 4.54. The van der Waals surface area contributed by atoms with Crippen LogP contribution in [0.15, 0.2) is 11.5 Å². The lowest BCUT2D eigenvalue weighted by Crippen LogP contribution is -2.53. The Kier molecular flexibility index (Phi) is 1.94. The van der Waals surface area contributed by atoms with E-state index < -0.39 is 21.5 Å². The standard InChI is InChI=1S/C8H11NO4S/c10-7(11)8-3-1-5-9(8)14(12,13)6-2-4-8/h2,6H,1,3-5H2,(H,10,11)/t8-/m0/s1. The van der Waals surface area contributed by atoms with Gasteiger partial charge in [0.1, 0.15) is 5.54 Å². The Morgan fingerprint density at radius 3 is 2.79 bits per heavy atom. The highest BCUT2D eigenvalue weighted by Crippen LogP contribution is 2.38. The SMILES string of the molecule is O=C(O)[C@]12CC=CS(=O)(=O)N1CCC2. The first-order valence-electron chi connectivity index (χ1n) is 4.42. The second-order valence-electron chi connectivity index (χ2n) is 3.63. The predicted octanol–water partition coefficient (Wildman–Crippen LogP) is 0.153. The van der Waals surface area contributed by atoms with Crippen LogP contribution in [0.1, 0.15) is 19.3 Å². The highest BCUT2D eigenvalue weighted by Gasteiger charge is 2.53. The average molecular weight is 217 g/mol. The third kappa shape index (κ3) is 1.10. The molecule has 0 aliphatic carbocycles. The number of carboxylic acid groups (broad SMARTS) is 1. The van der Waals surface area contributed by atoms with Crippen molar-refractivity contribution in [2.45, 2.75) is 24.8 Å². The molecule has 1 atom stereocenters. The summed E-state index contributed by atoms with van der Waals surface area (Å²) >= 11 is 0. The number of rotatable bonds is 1. The number of nitrogens with zero attached hydrogens (tertiary/aromatic N) is 1. The largest absolute Gasteiger partial charge is 0.480 e. The van der Waals surface area contributed by atoms with Gasteiger partial charge < -0.3 is 5.11 Å². The van der Waals surface area contributed by atoms with E-state index in [0.717, 1.165) is 9.71 Å². The monoisotopic (exact) mass is 217 g/mol. The van der Waals surface area contributed by atoms with Gasteiger partial charge in [-0.2, -0.15) is 4.31 Å². The lowest BCUT2D eigenvalue weighted by atomic mass is 9.93. The molecule has 2 aliphatic heterocycles. The number of aliphatic carboxylic acids is 1. The topological polar surface area (TPSA) is 74.7 Å². The number of hydrogen-bond donors (Lipinski definition) is 1. The van der Waals surface area contributed by atoms with E-state index in [1.54, 1.807) is 0 Å². The molecular formula is C8H11NO4S. The normalized spacial score (nSPS) is 35.4. The predicted molar refractivity (Wildman–Crippen MR) is 49.0 cm³/mol.